The zero-order valence-corrected chi connectivity index (χ0v) is 31.0. The molecular weight excluding hydrogens is 695 g/mol. The minimum absolute atomic E-state index is 0.820. The van der Waals surface area contributed by atoms with Crippen LogP contribution in [0.15, 0.2) is 221 Å². The summed E-state index contributed by atoms with van der Waals surface area (Å²) in [5.41, 5.74) is 16.0. The molecule has 0 saturated heterocycles. The van der Waals surface area contributed by atoms with Crippen LogP contribution in [0.1, 0.15) is 0 Å². The maximum atomic E-state index is 6.51. The fourth-order valence-electron chi connectivity index (χ4n) is 8.39. The van der Waals surface area contributed by atoms with Crippen molar-refractivity contribution in [3.05, 3.63) is 212 Å². The number of nitrogens with zero attached hydrogens (tertiary/aromatic N) is 1. The SMILES string of the molecule is c1ccc(-c2ccc(N(c3ccc(-c4ccccc4-c4ccccc4)cc3)c3ccc(-c4cccc5oc6ccc7c8ccccc8oc7c6c45)cc3)cc2)cc1. The lowest BCUT2D eigenvalue weighted by molar-refractivity contribution is 0.663. The number of fused-ring (bicyclic) bond motifs is 7. The Labute approximate surface area is 330 Å². The monoisotopic (exact) mass is 729 g/mol. The van der Waals surface area contributed by atoms with Crippen molar-refractivity contribution in [2.45, 2.75) is 0 Å². The molecule has 0 saturated carbocycles. The Balaban J connectivity index is 1.01. The van der Waals surface area contributed by atoms with Crippen molar-refractivity contribution in [1.82, 2.24) is 0 Å². The summed E-state index contributed by atoms with van der Waals surface area (Å²) in [6.45, 7) is 0. The summed E-state index contributed by atoms with van der Waals surface area (Å²) in [6.07, 6.45) is 0. The van der Waals surface area contributed by atoms with Crippen LogP contribution in [0.2, 0.25) is 0 Å². The second-order valence-corrected chi connectivity index (χ2v) is 14.4. The van der Waals surface area contributed by atoms with Crippen molar-refractivity contribution in [3.8, 4) is 44.5 Å². The van der Waals surface area contributed by atoms with Gasteiger partial charge in [0.05, 0.1) is 5.39 Å². The second-order valence-electron chi connectivity index (χ2n) is 14.4. The molecule has 0 radical (unpaired) electrons. The molecule has 9 aromatic carbocycles. The fraction of sp³-hybridized carbons (Fsp3) is 0. The molecule has 2 heterocycles. The zero-order chi connectivity index (χ0) is 37.7. The summed E-state index contributed by atoms with van der Waals surface area (Å²) in [6, 6.07) is 75.1. The molecule has 3 heteroatoms. The molecule has 0 fully saturated rings. The minimum atomic E-state index is 0.820. The Morgan fingerprint density at radius 2 is 0.719 bits per heavy atom. The summed E-state index contributed by atoms with van der Waals surface area (Å²) in [4.78, 5) is 2.33. The quantitative estimate of drug-likeness (QED) is 0.164. The van der Waals surface area contributed by atoms with E-state index in [9.17, 15) is 0 Å². The van der Waals surface area contributed by atoms with E-state index in [4.69, 9.17) is 8.83 Å². The lowest BCUT2D eigenvalue weighted by atomic mass is 9.94. The van der Waals surface area contributed by atoms with Gasteiger partial charge < -0.3 is 13.7 Å². The molecule has 0 aliphatic carbocycles. The van der Waals surface area contributed by atoms with E-state index in [0.717, 1.165) is 72.1 Å². The topological polar surface area (TPSA) is 29.5 Å². The third-order valence-electron chi connectivity index (χ3n) is 11.1. The molecule has 0 bridgehead atoms. The zero-order valence-electron chi connectivity index (χ0n) is 31.0. The van der Waals surface area contributed by atoms with Gasteiger partial charge in [0.25, 0.3) is 0 Å². The van der Waals surface area contributed by atoms with Gasteiger partial charge in [0, 0.05) is 33.2 Å². The van der Waals surface area contributed by atoms with Gasteiger partial charge in [0.15, 0.2) is 0 Å². The average molecular weight is 730 g/mol. The van der Waals surface area contributed by atoms with E-state index >= 15 is 0 Å². The Bertz CT molecular complexity index is 3200. The van der Waals surface area contributed by atoms with Crippen LogP contribution in [0.25, 0.3) is 88.4 Å². The molecule has 0 spiro atoms. The van der Waals surface area contributed by atoms with Crippen molar-refractivity contribution < 1.29 is 8.83 Å². The molecule has 2 aromatic heterocycles. The van der Waals surface area contributed by atoms with Crippen LogP contribution in [-0.2, 0) is 0 Å². The Morgan fingerprint density at radius 1 is 0.263 bits per heavy atom. The van der Waals surface area contributed by atoms with E-state index < -0.39 is 0 Å². The Kier molecular flexibility index (Phi) is 7.82. The molecule has 0 aliphatic heterocycles. The van der Waals surface area contributed by atoms with Crippen molar-refractivity contribution in [2.24, 2.45) is 0 Å². The summed E-state index contributed by atoms with van der Waals surface area (Å²) in [5.74, 6) is 0. The number of anilines is 3. The van der Waals surface area contributed by atoms with Crippen LogP contribution < -0.4 is 4.90 Å². The first-order chi connectivity index (χ1) is 28.3. The Hall–Kier alpha value is -7.62. The average Bonchev–Trinajstić information content (AvgIpc) is 3.87. The summed E-state index contributed by atoms with van der Waals surface area (Å²) in [7, 11) is 0. The van der Waals surface area contributed by atoms with E-state index in [-0.39, 0.29) is 0 Å². The highest BCUT2D eigenvalue weighted by molar-refractivity contribution is 6.24. The highest BCUT2D eigenvalue weighted by atomic mass is 16.3. The number of hydrogen-bond acceptors (Lipinski definition) is 3. The first-order valence-electron chi connectivity index (χ1n) is 19.3. The third-order valence-corrected chi connectivity index (χ3v) is 11.1. The minimum Gasteiger partial charge on any atom is -0.456 e. The van der Waals surface area contributed by atoms with Crippen LogP contribution >= 0.6 is 0 Å². The normalized spacial score (nSPS) is 11.5. The maximum Gasteiger partial charge on any atom is 0.147 e. The molecule has 0 amide bonds. The molecule has 0 N–H and O–H groups in total. The van der Waals surface area contributed by atoms with Crippen LogP contribution in [0.3, 0.4) is 0 Å². The van der Waals surface area contributed by atoms with Gasteiger partial charge in [-0.3, -0.25) is 0 Å². The molecular formula is C54H35NO2. The first-order valence-corrected chi connectivity index (χ1v) is 19.3. The highest BCUT2D eigenvalue weighted by Gasteiger charge is 2.20. The third kappa shape index (κ3) is 5.68. The maximum absolute atomic E-state index is 6.51. The van der Waals surface area contributed by atoms with Crippen molar-refractivity contribution in [2.75, 3.05) is 4.90 Å². The van der Waals surface area contributed by atoms with Gasteiger partial charge in [-0.05, 0) is 105 Å². The Morgan fingerprint density at radius 3 is 1.37 bits per heavy atom. The first kappa shape index (κ1) is 32.8. The highest BCUT2D eigenvalue weighted by Crippen LogP contribution is 2.44. The van der Waals surface area contributed by atoms with Gasteiger partial charge in [-0.2, -0.15) is 0 Å². The van der Waals surface area contributed by atoms with E-state index in [1.165, 1.54) is 33.4 Å². The van der Waals surface area contributed by atoms with Gasteiger partial charge in [0.2, 0.25) is 0 Å². The van der Waals surface area contributed by atoms with Gasteiger partial charge in [-0.15, -0.1) is 0 Å². The molecule has 3 nitrogen and oxygen atoms in total. The molecule has 0 unspecified atom stereocenters. The lowest BCUT2D eigenvalue weighted by Crippen LogP contribution is -2.09. The number of para-hydroxylation sites is 1. The summed E-state index contributed by atoms with van der Waals surface area (Å²) in [5, 5.41) is 4.27. The van der Waals surface area contributed by atoms with E-state index in [2.05, 4.69) is 199 Å². The largest absolute Gasteiger partial charge is 0.456 e. The van der Waals surface area contributed by atoms with Crippen molar-refractivity contribution in [3.63, 3.8) is 0 Å². The number of benzene rings is 9. The second kappa shape index (κ2) is 13.6. The number of hydrogen-bond donors (Lipinski definition) is 0. The number of rotatable bonds is 7. The fourth-order valence-corrected chi connectivity index (χ4v) is 8.39. The standard InChI is InChI=1S/C54H35NO2/c1-3-12-36(13-4-1)37-22-28-41(29-23-37)55(42-30-24-39(25-31-42)45-17-8-7-16-44(45)38-14-5-2-6-15-38)43-32-26-40(27-33-43)46-19-11-21-50-52(46)53-51(56-50)35-34-48-47-18-9-10-20-49(47)57-54(48)53/h1-35H. The van der Waals surface area contributed by atoms with E-state index in [1.54, 1.807) is 0 Å². The molecule has 11 aromatic rings. The van der Waals surface area contributed by atoms with Gasteiger partial charge >= 0.3 is 0 Å². The molecule has 268 valence electrons. The molecule has 57 heavy (non-hydrogen) atoms. The smallest absolute Gasteiger partial charge is 0.147 e. The summed E-state index contributed by atoms with van der Waals surface area (Å²) >= 11 is 0. The van der Waals surface area contributed by atoms with Gasteiger partial charge in [-0.25, -0.2) is 0 Å². The lowest BCUT2D eigenvalue weighted by Gasteiger charge is -2.26. The van der Waals surface area contributed by atoms with Crippen molar-refractivity contribution >= 4 is 60.9 Å². The summed E-state index contributed by atoms with van der Waals surface area (Å²) < 4.78 is 13.0. The van der Waals surface area contributed by atoms with Crippen molar-refractivity contribution in [1.29, 1.82) is 0 Å². The van der Waals surface area contributed by atoms with E-state index in [0.29, 0.717) is 0 Å². The number of furan rings is 2. The van der Waals surface area contributed by atoms with Crippen LogP contribution in [0.4, 0.5) is 17.1 Å². The molecule has 11 rings (SSSR count). The van der Waals surface area contributed by atoms with E-state index in [1.807, 2.05) is 18.2 Å². The molecule has 0 atom stereocenters. The van der Waals surface area contributed by atoms with Gasteiger partial charge in [0.1, 0.15) is 22.3 Å². The predicted octanol–water partition coefficient (Wildman–Crippen LogP) is 15.6. The van der Waals surface area contributed by atoms with Crippen LogP contribution in [-0.4, -0.2) is 0 Å². The van der Waals surface area contributed by atoms with Gasteiger partial charge in [-0.1, -0.05) is 152 Å². The predicted molar refractivity (Wildman–Crippen MR) is 237 cm³/mol. The van der Waals surface area contributed by atoms with Crippen LogP contribution in [0.5, 0.6) is 0 Å². The van der Waals surface area contributed by atoms with Crippen LogP contribution in [0, 0.1) is 0 Å². The molecule has 0 aliphatic rings.